The van der Waals surface area contributed by atoms with Crippen molar-refractivity contribution in [3.05, 3.63) is 46.2 Å². The number of hydrogen-bond donors (Lipinski definition) is 3. The molecule has 1 aliphatic heterocycles. The van der Waals surface area contributed by atoms with Gasteiger partial charge in [0.2, 0.25) is 0 Å². The Morgan fingerprint density at radius 2 is 2.30 bits per heavy atom. The van der Waals surface area contributed by atoms with Gasteiger partial charge in [0, 0.05) is 19.6 Å². The Kier molecular flexibility index (Phi) is 5.74. The third-order valence-electron chi connectivity index (χ3n) is 5.26. The second kappa shape index (κ2) is 7.88. The van der Waals surface area contributed by atoms with Gasteiger partial charge >= 0.3 is 5.97 Å². The molecule has 0 radical (unpaired) electrons. The zero-order chi connectivity index (χ0) is 19.6. The average Bonchev–Trinajstić information content (AvgIpc) is 2.96. The number of H-pyrrole nitrogens is 1. The van der Waals surface area contributed by atoms with Crippen LogP contribution in [0.1, 0.15) is 23.4 Å². The van der Waals surface area contributed by atoms with Crippen molar-refractivity contribution in [2.24, 2.45) is 5.41 Å². The Balaban J connectivity index is 1.85. The molecule has 8 heteroatoms. The third-order valence-corrected chi connectivity index (χ3v) is 5.76. The molecule has 1 aromatic carbocycles. The SMILES string of the molecule is COc1cccc(C[C@@]2(C(=O)O)CN(Cc3n[nH]c(C)c3Cl)CC[C@H]2O)c1. The van der Waals surface area contributed by atoms with E-state index >= 15 is 0 Å². The maximum atomic E-state index is 12.2. The van der Waals surface area contributed by atoms with Gasteiger partial charge in [0.05, 0.1) is 29.6 Å². The van der Waals surface area contributed by atoms with Crippen LogP contribution in [0.2, 0.25) is 5.02 Å². The van der Waals surface area contributed by atoms with Gasteiger partial charge in [0.15, 0.2) is 0 Å². The first-order valence-corrected chi connectivity index (χ1v) is 9.19. The van der Waals surface area contributed by atoms with E-state index < -0.39 is 17.5 Å². The highest BCUT2D eigenvalue weighted by molar-refractivity contribution is 6.31. The molecule has 0 unspecified atom stereocenters. The van der Waals surface area contributed by atoms with E-state index in [-0.39, 0.29) is 13.0 Å². The molecule has 0 saturated carbocycles. The number of ether oxygens (including phenoxy) is 1. The van der Waals surface area contributed by atoms with Gasteiger partial charge in [0.1, 0.15) is 11.2 Å². The fourth-order valence-corrected chi connectivity index (χ4v) is 3.83. The Bertz CT molecular complexity index is 825. The molecule has 1 aromatic heterocycles. The summed E-state index contributed by atoms with van der Waals surface area (Å²) in [6.45, 7) is 3.06. The first kappa shape index (κ1) is 19.7. The Labute approximate surface area is 162 Å². The zero-order valence-corrected chi connectivity index (χ0v) is 16.2. The largest absolute Gasteiger partial charge is 0.497 e. The lowest BCUT2D eigenvalue weighted by Crippen LogP contribution is -2.56. The number of carbonyl (C=O) groups is 1. The first-order valence-electron chi connectivity index (χ1n) is 8.82. The van der Waals surface area contributed by atoms with Gasteiger partial charge in [-0.25, -0.2) is 0 Å². The molecular formula is C19H24ClN3O4. The van der Waals surface area contributed by atoms with Crippen molar-refractivity contribution in [2.75, 3.05) is 20.2 Å². The summed E-state index contributed by atoms with van der Waals surface area (Å²) in [5, 5.41) is 28.3. The number of halogens is 1. The van der Waals surface area contributed by atoms with Crippen LogP contribution in [0.4, 0.5) is 0 Å². The lowest BCUT2D eigenvalue weighted by atomic mass is 9.72. The van der Waals surface area contributed by atoms with Crippen LogP contribution in [0, 0.1) is 12.3 Å². The van der Waals surface area contributed by atoms with E-state index in [9.17, 15) is 15.0 Å². The minimum absolute atomic E-state index is 0.211. The summed E-state index contributed by atoms with van der Waals surface area (Å²) in [5.41, 5.74) is 0.977. The number of aromatic nitrogens is 2. The molecule has 1 saturated heterocycles. The van der Waals surface area contributed by atoms with Gasteiger partial charge < -0.3 is 14.9 Å². The monoisotopic (exact) mass is 393 g/mol. The van der Waals surface area contributed by atoms with E-state index in [1.54, 1.807) is 7.11 Å². The van der Waals surface area contributed by atoms with E-state index in [2.05, 4.69) is 10.2 Å². The molecule has 0 spiro atoms. The summed E-state index contributed by atoms with van der Waals surface area (Å²) in [6.07, 6.45) is -0.351. The molecule has 3 N–H and O–H groups in total. The van der Waals surface area contributed by atoms with Crippen molar-refractivity contribution in [2.45, 2.75) is 32.4 Å². The minimum atomic E-state index is -1.30. The molecule has 146 valence electrons. The van der Waals surface area contributed by atoms with Crippen LogP contribution in [0.15, 0.2) is 24.3 Å². The number of carboxylic acid groups (broad SMARTS) is 1. The predicted octanol–water partition coefficient (Wildman–Crippen LogP) is 2.26. The van der Waals surface area contributed by atoms with E-state index in [1.807, 2.05) is 36.1 Å². The summed E-state index contributed by atoms with van der Waals surface area (Å²) < 4.78 is 5.23. The molecule has 0 bridgehead atoms. The van der Waals surface area contributed by atoms with Crippen LogP contribution in [0.5, 0.6) is 5.75 Å². The van der Waals surface area contributed by atoms with Crippen LogP contribution in [-0.4, -0.2) is 57.6 Å². The molecule has 0 amide bonds. The van der Waals surface area contributed by atoms with Crippen LogP contribution < -0.4 is 4.74 Å². The topological polar surface area (TPSA) is 98.7 Å². The second-order valence-corrected chi connectivity index (χ2v) is 7.49. The number of aryl methyl sites for hydroxylation is 1. The maximum absolute atomic E-state index is 12.2. The number of nitrogens with zero attached hydrogens (tertiary/aromatic N) is 2. The van der Waals surface area contributed by atoms with Gasteiger partial charge in [-0.2, -0.15) is 5.10 Å². The van der Waals surface area contributed by atoms with Crippen molar-refractivity contribution in [1.29, 1.82) is 0 Å². The number of aliphatic carboxylic acids is 1. The normalized spacial score (nSPS) is 23.3. The smallest absolute Gasteiger partial charge is 0.313 e. The fraction of sp³-hybridized carbons (Fsp3) is 0.474. The molecule has 3 rings (SSSR count). The summed E-state index contributed by atoms with van der Waals surface area (Å²) in [5.74, 6) is -0.346. The first-order chi connectivity index (χ1) is 12.9. The summed E-state index contributed by atoms with van der Waals surface area (Å²) >= 11 is 6.25. The highest BCUT2D eigenvalue weighted by atomic mass is 35.5. The van der Waals surface area contributed by atoms with Crippen molar-refractivity contribution >= 4 is 17.6 Å². The molecule has 7 nitrogen and oxygen atoms in total. The van der Waals surface area contributed by atoms with Gasteiger partial charge in [-0.05, 0) is 37.5 Å². The molecule has 1 fully saturated rings. The van der Waals surface area contributed by atoms with Crippen LogP contribution in [0.3, 0.4) is 0 Å². The number of piperidine rings is 1. The summed E-state index contributed by atoms with van der Waals surface area (Å²) in [6, 6.07) is 7.29. The second-order valence-electron chi connectivity index (χ2n) is 7.11. The standard InChI is InChI=1S/C19H24ClN3O4/c1-12-17(20)15(22-21-12)10-23-7-6-16(24)19(11-23,18(25)26)9-13-4-3-5-14(8-13)27-2/h3-5,8,16,24H,6-7,9-11H2,1-2H3,(H,21,22)(H,25,26)/t16-,19-/m1/s1. The lowest BCUT2D eigenvalue weighted by molar-refractivity contribution is -0.163. The fourth-order valence-electron chi connectivity index (χ4n) is 3.69. The highest BCUT2D eigenvalue weighted by Crippen LogP contribution is 2.36. The van der Waals surface area contributed by atoms with Crippen molar-refractivity contribution < 1.29 is 19.7 Å². The van der Waals surface area contributed by atoms with E-state index in [0.717, 1.165) is 11.3 Å². The molecule has 0 aliphatic carbocycles. The number of likely N-dealkylation sites (tertiary alicyclic amines) is 1. The number of aliphatic hydroxyl groups excluding tert-OH is 1. The Morgan fingerprint density at radius 1 is 1.52 bits per heavy atom. The quantitative estimate of drug-likeness (QED) is 0.696. The maximum Gasteiger partial charge on any atom is 0.313 e. The molecule has 1 aliphatic rings. The van der Waals surface area contributed by atoms with Gasteiger partial charge in [0.25, 0.3) is 0 Å². The molecular weight excluding hydrogens is 370 g/mol. The lowest BCUT2D eigenvalue weighted by Gasteiger charge is -2.43. The summed E-state index contributed by atoms with van der Waals surface area (Å²) in [4.78, 5) is 14.2. The molecule has 27 heavy (non-hydrogen) atoms. The van der Waals surface area contributed by atoms with Crippen molar-refractivity contribution in [3.8, 4) is 5.75 Å². The van der Waals surface area contributed by atoms with Crippen molar-refractivity contribution in [1.82, 2.24) is 15.1 Å². The van der Waals surface area contributed by atoms with Crippen LogP contribution in [0.25, 0.3) is 0 Å². The van der Waals surface area contributed by atoms with Gasteiger partial charge in [-0.1, -0.05) is 23.7 Å². The predicted molar refractivity (Wildman–Crippen MR) is 101 cm³/mol. The number of carboxylic acids is 1. The number of nitrogens with one attached hydrogen (secondary N) is 1. The van der Waals surface area contributed by atoms with Crippen LogP contribution >= 0.6 is 11.6 Å². The molecule has 2 aromatic rings. The number of aliphatic hydroxyl groups is 1. The minimum Gasteiger partial charge on any atom is -0.497 e. The molecule has 2 atom stereocenters. The molecule has 2 heterocycles. The Hall–Kier alpha value is -2.09. The van der Waals surface area contributed by atoms with E-state index in [4.69, 9.17) is 16.3 Å². The number of rotatable bonds is 6. The number of aromatic amines is 1. The van der Waals surface area contributed by atoms with E-state index in [1.165, 1.54) is 0 Å². The van der Waals surface area contributed by atoms with Crippen LogP contribution in [-0.2, 0) is 17.8 Å². The summed E-state index contributed by atoms with van der Waals surface area (Å²) in [7, 11) is 1.57. The average molecular weight is 394 g/mol. The number of benzene rings is 1. The zero-order valence-electron chi connectivity index (χ0n) is 15.4. The highest BCUT2D eigenvalue weighted by Gasteiger charge is 2.49. The van der Waals surface area contributed by atoms with E-state index in [0.29, 0.717) is 36.0 Å². The number of methoxy groups -OCH3 is 1. The number of hydrogen-bond acceptors (Lipinski definition) is 5. The third kappa shape index (κ3) is 3.95. The Morgan fingerprint density at radius 3 is 2.93 bits per heavy atom. The van der Waals surface area contributed by atoms with Gasteiger partial charge in [-0.3, -0.25) is 14.8 Å². The van der Waals surface area contributed by atoms with Crippen molar-refractivity contribution in [3.63, 3.8) is 0 Å². The van der Waals surface area contributed by atoms with Gasteiger partial charge in [-0.15, -0.1) is 0 Å².